The Bertz CT molecular complexity index is 650. The van der Waals surface area contributed by atoms with Gasteiger partial charge in [0.15, 0.2) is 0 Å². The molecule has 1 amide bonds. The molecule has 0 N–H and O–H groups in total. The number of allylic oxidation sites excluding steroid dienone is 1. The van der Waals surface area contributed by atoms with Gasteiger partial charge in [0.2, 0.25) is 5.91 Å². The van der Waals surface area contributed by atoms with Gasteiger partial charge in [0.1, 0.15) is 12.4 Å². The first-order chi connectivity index (χ1) is 10.5. The van der Waals surface area contributed by atoms with Crippen LogP contribution in [0.25, 0.3) is 5.70 Å². The molecule has 1 aromatic rings. The zero-order valence-corrected chi connectivity index (χ0v) is 17.4. The van der Waals surface area contributed by atoms with Crippen molar-refractivity contribution in [2.75, 3.05) is 13.2 Å². The summed E-state index contributed by atoms with van der Waals surface area (Å²) in [4.78, 5) is 13.5. The second-order valence-electron chi connectivity index (χ2n) is 4.53. The SMILES string of the molecule is C#CCOc1cc(F)c(C2=[C-]CC(I)C(=O)N2CC)c(F)c1.[Y]. The summed E-state index contributed by atoms with van der Waals surface area (Å²) < 4.78 is 33.3. The molecule has 1 heterocycles. The Morgan fingerprint density at radius 2 is 2.09 bits per heavy atom. The molecule has 119 valence electrons. The first kappa shape index (κ1) is 20.5. The van der Waals surface area contributed by atoms with Crippen molar-refractivity contribution in [2.24, 2.45) is 0 Å². The Morgan fingerprint density at radius 3 is 2.61 bits per heavy atom. The Balaban J connectivity index is 0.00000264. The molecule has 0 aromatic heterocycles. The quantitative estimate of drug-likeness (QED) is 0.273. The average Bonchev–Trinajstić information content (AvgIpc) is 2.48. The topological polar surface area (TPSA) is 29.5 Å². The molecule has 0 saturated heterocycles. The van der Waals surface area contributed by atoms with Crippen LogP contribution in [-0.4, -0.2) is 27.9 Å². The molecule has 0 aliphatic carbocycles. The van der Waals surface area contributed by atoms with Gasteiger partial charge < -0.3 is 9.64 Å². The molecule has 2 rings (SSSR count). The van der Waals surface area contributed by atoms with E-state index in [0.29, 0.717) is 13.0 Å². The largest absolute Gasteiger partial charge is 0.481 e. The summed E-state index contributed by atoms with van der Waals surface area (Å²) in [6, 6.07) is 2.11. The van der Waals surface area contributed by atoms with E-state index in [1.807, 2.05) is 22.6 Å². The number of alkyl halides is 1. The summed E-state index contributed by atoms with van der Waals surface area (Å²) in [5, 5.41) is 0. The standard InChI is InChI=1S/C16H13F2INO2.Y/c1-3-7-22-10-8-11(17)15(12(18)9-10)14-6-5-13(19)16(21)20(14)4-2;/h1,8-9,13H,4-5,7H2,2H3;/q-1;. The van der Waals surface area contributed by atoms with E-state index < -0.39 is 11.6 Å². The minimum absolute atomic E-state index is 0. The van der Waals surface area contributed by atoms with Crippen LogP contribution in [0.15, 0.2) is 12.1 Å². The summed E-state index contributed by atoms with van der Waals surface area (Å²) in [5.41, 5.74) is -0.134. The van der Waals surface area contributed by atoms with Gasteiger partial charge in [-0.15, -0.1) is 12.1 Å². The maximum absolute atomic E-state index is 14.3. The van der Waals surface area contributed by atoms with Crippen LogP contribution in [0.2, 0.25) is 0 Å². The summed E-state index contributed by atoms with van der Waals surface area (Å²) in [5.74, 6) is 0.428. The van der Waals surface area contributed by atoms with Crippen LogP contribution in [-0.2, 0) is 37.5 Å². The van der Waals surface area contributed by atoms with Crippen molar-refractivity contribution in [3.63, 3.8) is 0 Å². The molecular formula is C16H13F2INO2Y-. The average molecular weight is 505 g/mol. The minimum atomic E-state index is -0.812. The second kappa shape index (κ2) is 9.09. The Labute approximate surface area is 172 Å². The molecule has 1 aromatic carbocycles. The fraction of sp³-hybridized carbons (Fsp3) is 0.312. The number of ether oxygens (including phenoxy) is 1. The van der Waals surface area contributed by atoms with E-state index in [9.17, 15) is 13.6 Å². The van der Waals surface area contributed by atoms with Gasteiger partial charge in [0.25, 0.3) is 0 Å². The number of terminal acetylenes is 1. The third-order valence-electron chi connectivity index (χ3n) is 3.14. The van der Waals surface area contributed by atoms with E-state index in [4.69, 9.17) is 11.2 Å². The predicted octanol–water partition coefficient (Wildman–Crippen LogP) is 3.17. The van der Waals surface area contributed by atoms with Crippen molar-refractivity contribution < 1.29 is 51.0 Å². The number of amides is 1. The molecule has 1 aliphatic rings. The number of carbonyl (C=O) groups is 1. The molecule has 0 spiro atoms. The maximum atomic E-state index is 14.3. The molecule has 0 fully saturated rings. The molecule has 23 heavy (non-hydrogen) atoms. The molecule has 7 heteroatoms. The van der Waals surface area contributed by atoms with Crippen molar-refractivity contribution in [1.82, 2.24) is 4.90 Å². The number of nitrogens with zero attached hydrogens (tertiary/aromatic N) is 1. The van der Waals surface area contributed by atoms with Crippen LogP contribution < -0.4 is 4.74 Å². The van der Waals surface area contributed by atoms with Crippen LogP contribution in [0.4, 0.5) is 8.78 Å². The van der Waals surface area contributed by atoms with Crippen molar-refractivity contribution in [3.05, 3.63) is 35.4 Å². The molecular weight excluding hydrogens is 492 g/mol. The van der Waals surface area contributed by atoms with Gasteiger partial charge >= 0.3 is 0 Å². The summed E-state index contributed by atoms with van der Waals surface area (Å²) in [6.45, 7) is 1.98. The van der Waals surface area contributed by atoms with Gasteiger partial charge in [0, 0.05) is 39.3 Å². The van der Waals surface area contributed by atoms with E-state index in [1.165, 1.54) is 4.90 Å². The first-order valence-electron chi connectivity index (χ1n) is 6.61. The smallest absolute Gasteiger partial charge is 0.235 e. The normalized spacial score (nSPS) is 17.2. The zero-order chi connectivity index (χ0) is 16.3. The maximum Gasteiger partial charge on any atom is 0.235 e. The van der Waals surface area contributed by atoms with Gasteiger partial charge in [0.05, 0.1) is 15.6 Å². The van der Waals surface area contributed by atoms with E-state index >= 15 is 0 Å². The van der Waals surface area contributed by atoms with Crippen molar-refractivity contribution in [2.45, 2.75) is 17.3 Å². The molecule has 1 radical (unpaired) electrons. The molecule has 1 unspecified atom stereocenters. The van der Waals surface area contributed by atoms with Crippen molar-refractivity contribution >= 4 is 34.2 Å². The monoisotopic (exact) mass is 505 g/mol. The number of hydrogen-bond donors (Lipinski definition) is 0. The van der Waals surface area contributed by atoms with E-state index in [-0.39, 0.29) is 66.2 Å². The third-order valence-corrected chi connectivity index (χ3v) is 4.12. The van der Waals surface area contributed by atoms with Crippen LogP contribution in [0.5, 0.6) is 5.75 Å². The third kappa shape index (κ3) is 4.52. The zero-order valence-electron chi connectivity index (χ0n) is 12.4. The van der Waals surface area contributed by atoms with Gasteiger partial charge in [-0.3, -0.25) is 4.79 Å². The molecule has 0 bridgehead atoms. The minimum Gasteiger partial charge on any atom is -0.481 e. The number of halogens is 3. The molecule has 3 nitrogen and oxygen atoms in total. The number of benzene rings is 1. The van der Waals surface area contributed by atoms with Crippen molar-refractivity contribution in [1.29, 1.82) is 0 Å². The Morgan fingerprint density at radius 1 is 1.48 bits per heavy atom. The molecule has 1 atom stereocenters. The first-order valence-corrected chi connectivity index (χ1v) is 7.86. The Hall–Kier alpha value is -0.516. The van der Waals surface area contributed by atoms with Gasteiger partial charge in [-0.05, 0) is 19.1 Å². The number of carbonyl (C=O) groups excluding carboxylic acids is 1. The van der Waals surface area contributed by atoms with E-state index in [1.54, 1.807) is 6.92 Å². The van der Waals surface area contributed by atoms with Gasteiger partial charge in [-0.1, -0.05) is 40.5 Å². The number of hydrogen-bond acceptors (Lipinski definition) is 2. The van der Waals surface area contributed by atoms with Gasteiger partial charge in [-0.2, -0.15) is 0 Å². The second-order valence-corrected chi connectivity index (χ2v) is 6.04. The molecule has 1 aliphatic heterocycles. The number of rotatable bonds is 4. The van der Waals surface area contributed by atoms with Crippen LogP contribution in [0.1, 0.15) is 18.9 Å². The fourth-order valence-corrected chi connectivity index (χ4v) is 2.73. The van der Waals surface area contributed by atoms with Crippen LogP contribution in [0.3, 0.4) is 0 Å². The van der Waals surface area contributed by atoms with Gasteiger partial charge in [-0.25, -0.2) is 14.9 Å². The predicted molar refractivity (Wildman–Crippen MR) is 87.1 cm³/mol. The van der Waals surface area contributed by atoms with Crippen LogP contribution >= 0.6 is 22.6 Å². The fourth-order valence-electron chi connectivity index (χ4n) is 2.17. The van der Waals surface area contributed by atoms with Crippen LogP contribution in [0, 0.1) is 30.1 Å². The molecule has 0 saturated carbocycles. The summed E-state index contributed by atoms with van der Waals surface area (Å²) in [7, 11) is 0. The Kier molecular flexibility index (Phi) is 8.12. The summed E-state index contributed by atoms with van der Waals surface area (Å²) in [6.07, 6.45) is 8.28. The van der Waals surface area contributed by atoms with E-state index in [2.05, 4.69) is 12.0 Å². The van der Waals surface area contributed by atoms with E-state index in [0.717, 1.165) is 12.1 Å². The summed E-state index contributed by atoms with van der Waals surface area (Å²) >= 11 is 2.00. The van der Waals surface area contributed by atoms with Crippen molar-refractivity contribution in [3.8, 4) is 18.1 Å².